The molecule has 31 heavy (non-hydrogen) atoms. The Morgan fingerprint density at radius 2 is 1.74 bits per heavy atom. The summed E-state index contributed by atoms with van der Waals surface area (Å²) in [5, 5.41) is 5.77. The third kappa shape index (κ3) is 4.41. The van der Waals surface area contributed by atoms with Crippen LogP contribution in [-0.4, -0.2) is 37.1 Å². The molecule has 0 aliphatic heterocycles. The molecule has 0 atom stereocenters. The summed E-state index contributed by atoms with van der Waals surface area (Å²) in [4.78, 5) is 21.2. The largest absolute Gasteiger partial charge is 0.383 e. The van der Waals surface area contributed by atoms with Crippen LogP contribution in [0.4, 0.5) is 0 Å². The minimum Gasteiger partial charge on any atom is -0.383 e. The SMILES string of the molecule is CN=C(N)c1c(SC)n(-c2ccc(S(N)(=O)=O)cc2)c(-c2ccc(C)c(C)c2)nc1=O. The van der Waals surface area contributed by atoms with Gasteiger partial charge in [0.2, 0.25) is 10.0 Å². The molecule has 1 heterocycles. The molecule has 3 rings (SSSR count). The van der Waals surface area contributed by atoms with Crippen LogP contribution in [0.15, 0.2) is 62.2 Å². The number of amidine groups is 1. The van der Waals surface area contributed by atoms with E-state index in [1.54, 1.807) is 16.7 Å². The molecule has 0 saturated carbocycles. The fraction of sp³-hybridized carbons (Fsp3) is 0.190. The number of rotatable bonds is 5. The lowest BCUT2D eigenvalue weighted by Crippen LogP contribution is -2.29. The van der Waals surface area contributed by atoms with Gasteiger partial charge in [0.15, 0.2) is 0 Å². The molecule has 4 N–H and O–H groups in total. The maximum absolute atomic E-state index is 12.9. The molecule has 162 valence electrons. The van der Waals surface area contributed by atoms with Crippen molar-refractivity contribution >= 4 is 27.6 Å². The van der Waals surface area contributed by atoms with Crippen LogP contribution in [0.25, 0.3) is 17.1 Å². The van der Waals surface area contributed by atoms with E-state index < -0.39 is 15.6 Å². The smallest absolute Gasteiger partial charge is 0.285 e. The molecule has 0 amide bonds. The van der Waals surface area contributed by atoms with Crippen molar-refractivity contribution in [1.82, 2.24) is 9.55 Å². The number of nitrogens with two attached hydrogens (primary N) is 2. The van der Waals surface area contributed by atoms with E-state index in [1.807, 2.05) is 38.3 Å². The van der Waals surface area contributed by atoms with Gasteiger partial charge in [-0.15, -0.1) is 11.8 Å². The summed E-state index contributed by atoms with van der Waals surface area (Å²) >= 11 is 1.32. The topological polar surface area (TPSA) is 133 Å². The average molecular weight is 458 g/mol. The first kappa shape index (κ1) is 22.7. The van der Waals surface area contributed by atoms with Crippen LogP contribution < -0.4 is 16.4 Å². The van der Waals surface area contributed by atoms with Gasteiger partial charge in [0, 0.05) is 18.3 Å². The fourth-order valence-electron chi connectivity index (χ4n) is 3.12. The predicted octanol–water partition coefficient (Wildman–Crippen LogP) is 2.22. The molecule has 0 spiro atoms. The van der Waals surface area contributed by atoms with Crippen LogP contribution in [0.2, 0.25) is 0 Å². The van der Waals surface area contributed by atoms with Gasteiger partial charge in [-0.05, 0) is 61.6 Å². The number of aliphatic imine (C=N–C) groups is 1. The second kappa shape index (κ2) is 8.66. The highest BCUT2D eigenvalue weighted by Crippen LogP contribution is 2.30. The predicted molar refractivity (Wildman–Crippen MR) is 125 cm³/mol. The lowest BCUT2D eigenvalue weighted by Gasteiger charge is -2.20. The van der Waals surface area contributed by atoms with Gasteiger partial charge in [-0.1, -0.05) is 12.1 Å². The Balaban J connectivity index is 2.42. The van der Waals surface area contributed by atoms with E-state index in [0.717, 1.165) is 16.7 Å². The highest BCUT2D eigenvalue weighted by molar-refractivity contribution is 7.98. The number of hydrogen-bond donors (Lipinski definition) is 2. The Hall–Kier alpha value is -2.95. The number of primary sulfonamides is 1. The molecule has 10 heteroatoms. The molecule has 8 nitrogen and oxygen atoms in total. The minimum absolute atomic E-state index is 0.0152. The first-order valence-corrected chi connectivity index (χ1v) is 12.0. The zero-order valence-corrected chi connectivity index (χ0v) is 19.2. The van der Waals surface area contributed by atoms with Crippen molar-refractivity contribution in [2.45, 2.75) is 23.8 Å². The Morgan fingerprint density at radius 3 is 2.26 bits per heavy atom. The van der Waals surface area contributed by atoms with Crippen LogP contribution >= 0.6 is 11.8 Å². The first-order chi connectivity index (χ1) is 14.6. The van der Waals surface area contributed by atoms with E-state index in [9.17, 15) is 13.2 Å². The summed E-state index contributed by atoms with van der Waals surface area (Å²) in [6.45, 7) is 3.98. The number of aryl methyl sites for hydroxylation is 2. The van der Waals surface area contributed by atoms with Crippen molar-refractivity contribution in [1.29, 1.82) is 0 Å². The first-order valence-electron chi connectivity index (χ1n) is 9.23. The lowest BCUT2D eigenvalue weighted by molar-refractivity contribution is 0.598. The van der Waals surface area contributed by atoms with Gasteiger partial charge >= 0.3 is 0 Å². The normalized spacial score (nSPS) is 12.2. The Bertz CT molecular complexity index is 1340. The Kier molecular flexibility index (Phi) is 6.35. The van der Waals surface area contributed by atoms with Crippen molar-refractivity contribution < 1.29 is 8.42 Å². The van der Waals surface area contributed by atoms with Crippen molar-refractivity contribution in [2.75, 3.05) is 13.3 Å². The number of benzene rings is 2. The molecule has 0 aliphatic carbocycles. The summed E-state index contributed by atoms with van der Waals surface area (Å²) in [6, 6.07) is 11.8. The van der Waals surface area contributed by atoms with Gasteiger partial charge in [-0.2, -0.15) is 4.98 Å². The maximum Gasteiger partial charge on any atom is 0.285 e. The second-order valence-corrected chi connectivity index (χ2v) is 9.26. The van der Waals surface area contributed by atoms with E-state index >= 15 is 0 Å². The lowest BCUT2D eigenvalue weighted by atomic mass is 10.1. The number of aromatic nitrogens is 2. The molecular weight excluding hydrogens is 434 g/mol. The van der Waals surface area contributed by atoms with Crippen LogP contribution in [0.3, 0.4) is 0 Å². The highest BCUT2D eigenvalue weighted by Gasteiger charge is 2.22. The average Bonchev–Trinajstić information content (AvgIpc) is 2.73. The van der Waals surface area contributed by atoms with Crippen LogP contribution in [0.1, 0.15) is 16.7 Å². The van der Waals surface area contributed by atoms with Crippen molar-refractivity contribution in [3.63, 3.8) is 0 Å². The molecule has 0 fully saturated rings. The van der Waals surface area contributed by atoms with Gasteiger partial charge in [-0.3, -0.25) is 14.4 Å². The van der Waals surface area contributed by atoms with Gasteiger partial charge < -0.3 is 5.73 Å². The summed E-state index contributed by atoms with van der Waals surface area (Å²) < 4.78 is 25.1. The van der Waals surface area contributed by atoms with Crippen molar-refractivity contribution in [2.24, 2.45) is 15.9 Å². The van der Waals surface area contributed by atoms with Gasteiger partial charge in [-0.25, -0.2) is 13.6 Å². The summed E-state index contributed by atoms with van der Waals surface area (Å²) in [5.41, 5.74) is 9.22. The maximum atomic E-state index is 12.9. The number of thioether (sulfide) groups is 1. The number of nitrogens with zero attached hydrogens (tertiary/aromatic N) is 3. The standard InChI is InChI=1S/C21H23N5O3S2/c1-12-5-6-14(11-13(12)2)19-25-20(27)17(18(22)24-3)21(30-4)26(19)15-7-9-16(10-8-15)31(23,28)29/h5-11H,1-4H3,(H2,22,24)(H2,23,28,29). The zero-order chi connectivity index (χ0) is 22.9. The third-order valence-corrected chi connectivity index (χ3v) is 6.63. The second-order valence-electron chi connectivity index (χ2n) is 6.91. The molecular formula is C21H23N5O3S2. The van der Waals surface area contributed by atoms with E-state index in [4.69, 9.17) is 10.9 Å². The summed E-state index contributed by atoms with van der Waals surface area (Å²) in [7, 11) is -2.34. The number of hydrogen-bond acceptors (Lipinski definition) is 6. The molecule has 0 radical (unpaired) electrons. The van der Waals surface area contributed by atoms with E-state index in [1.165, 1.54) is 30.9 Å². The monoisotopic (exact) mass is 457 g/mol. The fourth-order valence-corrected chi connectivity index (χ4v) is 4.41. The summed E-state index contributed by atoms with van der Waals surface area (Å²) in [5.74, 6) is 0.483. The van der Waals surface area contributed by atoms with Gasteiger partial charge in [0.05, 0.1) is 9.92 Å². The highest BCUT2D eigenvalue weighted by atomic mass is 32.2. The molecule has 2 aromatic carbocycles. The Morgan fingerprint density at radius 1 is 1.10 bits per heavy atom. The van der Waals surface area contributed by atoms with Crippen LogP contribution in [0.5, 0.6) is 0 Å². The zero-order valence-electron chi connectivity index (χ0n) is 17.6. The van der Waals surface area contributed by atoms with E-state index in [-0.39, 0.29) is 16.3 Å². The van der Waals surface area contributed by atoms with E-state index in [2.05, 4.69) is 9.98 Å². The molecule has 1 aromatic heterocycles. The molecule has 3 aromatic rings. The summed E-state index contributed by atoms with van der Waals surface area (Å²) in [6.07, 6.45) is 1.82. The molecule has 0 saturated heterocycles. The van der Waals surface area contributed by atoms with Gasteiger partial charge in [0.25, 0.3) is 5.56 Å². The van der Waals surface area contributed by atoms with Crippen LogP contribution in [0, 0.1) is 13.8 Å². The Labute approximate surface area is 185 Å². The molecule has 0 bridgehead atoms. The van der Waals surface area contributed by atoms with Crippen LogP contribution in [-0.2, 0) is 10.0 Å². The molecule has 0 unspecified atom stereocenters. The van der Waals surface area contributed by atoms with Gasteiger partial charge in [0.1, 0.15) is 17.2 Å². The number of sulfonamides is 1. The third-order valence-electron chi connectivity index (χ3n) is 4.93. The molecule has 0 aliphatic rings. The quantitative estimate of drug-likeness (QED) is 0.261. The van der Waals surface area contributed by atoms with Crippen molar-refractivity contribution in [3.05, 3.63) is 69.5 Å². The minimum atomic E-state index is -3.84. The van der Waals surface area contributed by atoms with E-state index in [0.29, 0.717) is 16.5 Å². The van der Waals surface area contributed by atoms with Crippen molar-refractivity contribution in [3.8, 4) is 17.1 Å².